The van der Waals surface area contributed by atoms with Gasteiger partial charge in [0.25, 0.3) is 0 Å². The zero-order chi connectivity index (χ0) is 28.6. The van der Waals surface area contributed by atoms with Gasteiger partial charge in [0.1, 0.15) is 6.10 Å². The maximum atomic E-state index is 12.8. The molecule has 2 N–H and O–H groups in total. The highest BCUT2D eigenvalue weighted by atomic mass is 16.8. The Labute approximate surface area is 224 Å². The summed E-state index contributed by atoms with van der Waals surface area (Å²) >= 11 is 0. The maximum absolute atomic E-state index is 12.8. The predicted octanol–water partition coefficient (Wildman–Crippen LogP) is 3.59. The summed E-state index contributed by atoms with van der Waals surface area (Å²) in [4.78, 5) is 37.0. The van der Waals surface area contributed by atoms with Gasteiger partial charge in [0.15, 0.2) is 0 Å². The highest BCUT2D eigenvalue weighted by molar-refractivity contribution is 5.72. The van der Waals surface area contributed by atoms with Crippen molar-refractivity contribution in [1.82, 2.24) is 0 Å². The number of rotatable bonds is 9. The lowest BCUT2D eigenvalue weighted by Gasteiger charge is -2.60. The van der Waals surface area contributed by atoms with Crippen LogP contribution in [-0.4, -0.2) is 59.0 Å². The van der Waals surface area contributed by atoms with Crippen LogP contribution in [0.3, 0.4) is 0 Å². The molecule has 212 valence electrons. The van der Waals surface area contributed by atoms with Crippen molar-refractivity contribution in [2.24, 2.45) is 28.6 Å². The van der Waals surface area contributed by atoms with Crippen LogP contribution in [0.1, 0.15) is 67.2 Å². The normalized spacial score (nSPS) is 37.5. The van der Waals surface area contributed by atoms with Gasteiger partial charge in [-0.15, -0.1) is 0 Å². The zero-order valence-corrected chi connectivity index (χ0v) is 23.3. The van der Waals surface area contributed by atoms with Crippen molar-refractivity contribution in [2.75, 3.05) is 0 Å². The molecule has 1 saturated carbocycles. The number of carbonyl (C=O) groups is 3. The monoisotopic (exact) mass is 534 g/mol. The molecule has 0 aromatic rings. The van der Waals surface area contributed by atoms with Crippen LogP contribution in [0.15, 0.2) is 36.5 Å². The van der Waals surface area contributed by atoms with Crippen molar-refractivity contribution in [1.29, 1.82) is 0 Å². The second kappa shape index (κ2) is 11.3. The fraction of sp³-hybridized carbons (Fsp3) is 0.690. The van der Waals surface area contributed by atoms with E-state index in [2.05, 4.69) is 13.2 Å². The molecule has 2 fully saturated rings. The minimum Gasteiger partial charge on any atom is -0.458 e. The molecule has 1 aliphatic heterocycles. The van der Waals surface area contributed by atoms with Gasteiger partial charge in [-0.05, 0) is 54.6 Å². The van der Waals surface area contributed by atoms with E-state index in [0.717, 1.165) is 0 Å². The van der Waals surface area contributed by atoms with Crippen molar-refractivity contribution in [3.63, 3.8) is 0 Å². The van der Waals surface area contributed by atoms with E-state index in [1.807, 2.05) is 20.8 Å². The van der Waals surface area contributed by atoms with Crippen LogP contribution >= 0.6 is 0 Å². The van der Waals surface area contributed by atoms with Gasteiger partial charge in [0.05, 0.1) is 23.5 Å². The summed E-state index contributed by atoms with van der Waals surface area (Å²) in [5, 5.41) is 22.8. The van der Waals surface area contributed by atoms with Crippen molar-refractivity contribution in [3.8, 4) is 0 Å². The van der Waals surface area contributed by atoms with E-state index >= 15 is 0 Å². The van der Waals surface area contributed by atoms with E-state index < -0.39 is 59.6 Å². The average molecular weight is 535 g/mol. The zero-order valence-electron chi connectivity index (χ0n) is 23.3. The largest absolute Gasteiger partial charge is 0.458 e. The van der Waals surface area contributed by atoms with Gasteiger partial charge in [-0.1, -0.05) is 46.9 Å². The summed E-state index contributed by atoms with van der Waals surface area (Å²) in [7, 11) is 0. The quantitative estimate of drug-likeness (QED) is 0.197. The van der Waals surface area contributed by atoms with Crippen molar-refractivity contribution >= 4 is 17.9 Å². The summed E-state index contributed by atoms with van der Waals surface area (Å²) in [6.07, 6.45) is -0.516. The SMILES string of the molecule is C=CC(=C)[C@H](O)C[C@]1(C)[C@H]2C[C@@H](OC(=O)C(C)CC)C=C3[C@H](OC(C)=O)O[C@H](OC(C)=O)[C@]32[C@H](O)C[C@@H]1C. The second-order valence-corrected chi connectivity index (χ2v) is 11.3. The molecule has 1 unspecified atom stereocenters. The van der Waals surface area contributed by atoms with E-state index in [-0.39, 0.29) is 30.6 Å². The third-order valence-electron chi connectivity index (χ3n) is 9.00. The number of esters is 3. The number of hydrogen-bond acceptors (Lipinski definition) is 9. The Balaban J connectivity index is 2.22. The molecular formula is C29H42O9. The highest BCUT2D eigenvalue weighted by Crippen LogP contribution is 2.67. The lowest BCUT2D eigenvalue weighted by Crippen LogP contribution is -2.63. The fourth-order valence-electron chi connectivity index (χ4n) is 6.52. The van der Waals surface area contributed by atoms with E-state index in [1.165, 1.54) is 19.9 Å². The smallest absolute Gasteiger partial charge is 0.309 e. The summed E-state index contributed by atoms with van der Waals surface area (Å²) in [5.74, 6) is -2.53. The Hall–Kier alpha value is -2.49. The van der Waals surface area contributed by atoms with Gasteiger partial charge in [-0.25, -0.2) is 0 Å². The first-order valence-electron chi connectivity index (χ1n) is 13.3. The first-order valence-corrected chi connectivity index (χ1v) is 13.3. The molecule has 2 aliphatic carbocycles. The van der Waals surface area contributed by atoms with Gasteiger partial charge in [0, 0.05) is 19.4 Å². The highest BCUT2D eigenvalue weighted by Gasteiger charge is 2.71. The first-order chi connectivity index (χ1) is 17.7. The van der Waals surface area contributed by atoms with Gasteiger partial charge < -0.3 is 24.4 Å². The number of carbonyl (C=O) groups excluding carboxylic acids is 3. The van der Waals surface area contributed by atoms with Gasteiger partial charge in [-0.2, -0.15) is 0 Å². The van der Waals surface area contributed by atoms with Crippen LogP contribution in [0.4, 0.5) is 0 Å². The molecule has 3 rings (SSSR count). The second-order valence-electron chi connectivity index (χ2n) is 11.3. The van der Waals surface area contributed by atoms with Crippen molar-refractivity contribution in [2.45, 2.75) is 98.1 Å². The molecule has 9 heteroatoms. The molecule has 0 radical (unpaired) electrons. The molecule has 1 saturated heterocycles. The Bertz CT molecular complexity index is 1000. The molecule has 10 atom stereocenters. The lowest BCUT2D eigenvalue weighted by molar-refractivity contribution is -0.256. The number of hydrogen-bond donors (Lipinski definition) is 2. The molecule has 1 heterocycles. The Kier molecular flexibility index (Phi) is 8.95. The average Bonchev–Trinajstić information content (AvgIpc) is 3.13. The third kappa shape index (κ3) is 5.20. The van der Waals surface area contributed by atoms with E-state index in [4.69, 9.17) is 18.9 Å². The first kappa shape index (κ1) is 30.1. The minimum atomic E-state index is -1.29. The maximum Gasteiger partial charge on any atom is 0.309 e. The van der Waals surface area contributed by atoms with Gasteiger partial charge in [-0.3, -0.25) is 19.1 Å². The minimum absolute atomic E-state index is 0.101. The third-order valence-corrected chi connectivity index (χ3v) is 9.00. The van der Waals surface area contributed by atoms with Crippen LogP contribution in [0.5, 0.6) is 0 Å². The van der Waals surface area contributed by atoms with Gasteiger partial charge in [0.2, 0.25) is 12.6 Å². The number of aliphatic hydroxyl groups excluding tert-OH is 2. The molecule has 0 aromatic carbocycles. The lowest BCUT2D eigenvalue weighted by atomic mass is 9.44. The predicted molar refractivity (Wildman–Crippen MR) is 138 cm³/mol. The Morgan fingerprint density at radius 3 is 2.39 bits per heavy atom. The molecule has 1 spiro atoms. The molecule has 0 amide bonds. The van der Waals surface area contributed by atoms with Crippen LogP contribution in [0.2, 0.25) is 0 Å². The summed E-state index contributed by atoms with van der Waals surface area (Å²) in [5.41, 5.74) is -1.10. The standard InChI is InChI=1S/C29H42O9/c1-9-15(3)22(32)14-28(8)17(5)11-24(33)29-21(26(35-18(6)30)38-27(29)36-19(7)31)12-20(13-23(28)29)37-25(34)16(4)10-2/h9,12,16-17,20,22-24,26-27,32-33H,1,3,10-11,13-14H2,2,4-8H3/t16?,17-,20-,22+,23+,24+,26+,27-,28-,29+/m0/s1. The van der Waals surface area contributed by atoms with Crippen molar-refractivity contribution in [3.05, 3.63) is 36.5 Å². The summed E-state index contributed by atoms with van der Waals surface area (Å²) in [6, 6.07) is 0. The number of ether oxygens (including phenoxy) is 4. The fourth-order valence-corrected chi connectivity index (χ4v) is 6.52. The Morgan fingerprint density at radius 2 is 1.84 bits per heavy atom. The molecule has 3 aliphatic rings. The van der Waals surface area contributed by atoms with E-state index in [1.54, 1.807) is 13.0 Å². The molecule has 38 heavy (non-hydrogen) atoms. The number of aliphatic hydroxyl groups is 2. The van der Waals surface area contributed by atoms with Crippen LogP contribution < -0.4 is 0 Å². The molecule has 0 bridgehead atoms. The van der Waals surface area contributed by atoms with Crippen LogP contribution in [0.25, 0.3) is 0 Å². The van der Waals surface area contributed by atoms with Crippen molar-refractivity contribution < 1.29 is 43.5 Å². The Morgan fingerprint density at radius 1 is 1.21 bits per heavy atom. The van der Waals surface area contributed by atoms with Gasteiger partial charge >= 0.3 is 17.9 Å². The summed E-state index contributed by atoms with van der Waals surface area (Å²) in [6.45, 7) is 17.8. The van der Waals surface area contributed by atoms with E-state index in [9.17, 15) is 24.6 Å². The molecule has 9 nitrogen and oxygen atoms in total. The van der Waals surface area contributed by atoms with Crippen LogP contribution in [-0.2, 0) is 33.3 Å². The van der Waals surface area contributed by atoms with E-state index in [0.29, 0.717) is 24.0 Å². The topological polar surface area (TPSA) is 129 Å². The summed E-state index contributed by atoms with van der Waals surface area (Å²) < 4.78 is 23.1. The van der Waals surface area contributed by atoms with Crippen LogP contribution in [0, 0.1) is 28.6 Å². The molecule has 0 aromatic heterocycles. The molecular weight excluding hydrogens is 492 g/mol.